The molecule has 0 saturated carbocycles. The third-order valence-electron chi connectivity index (χ3n) is 3.92. The Bertz CT molecular complexity index is 870. The molecule has 23 heavy (non-hydrogen) atoms. The minimum Gasteiger partial charge on any atom is -0.256 e. The Kier molecular flexibility index (Phi) is 3.53. The molecule has 0 saturated heterocycles. The number of pyridine rings is 3. The highest BCUT2D eigenvalue weighted by atomic mass is 14.8. The van der Waals surface area contributed by atoms with Crippen molar-refractivity contribution in [2.75, 3.05) is 0 Å². The Morgan fingerprint density at radius 1 is 0.652 bits per heavy atom. The summed E-state index contributed by atoms with van der Waals surface area (Å²) in [6.07, 6.45) is 13.9. The monoisotopic (exact) mass is 297 g/mol. The van der Waals surface area contributed by atoms with Crippen LogP contribution in [0.4, 0.5) is 0 Å². The summed E-state index contributed by atoms with van der Waals surface area (Å²) in [5, 5.41) is 0. The molecule has 0 atom stereocenters. The zero-order chi connectivity index (χ0) is 15.5. The van der Waals surface area contributed by atoms with Gasteiger partial charge in [-0.25, -0.2) is 0 Å². The third kappa shape index (κ3) is 2.57. The van der Waals surface area contributed by atoms with E-state index in [1.807, 2.05) is 42.6 Å². The van der Waals surface area contributed by atoms with Gasteiger partial charge in [-0.2, -0.15) is 0 Å². The number of hydrogen-bond donors (Lipinski definition) is 0. The molecule has 4 rings (SSSR count). The van der Waals surface area contributed by atoms with E-state index >= 15 is 0 Å². The van der Waals surface area contributed by atoms with Crippen molar-refractivity contribution in [2.24, 2.45) is 0 Å². The maximum Gasteiger partial charge on any atom is 0.0983 e. The molecular weight excluding hydrogens is 282 g/mol. The van der Waals surface area contributed by atoms with E-state index in [1.165, 1.54) is 0 Å². The highest BCUT2D eigenvalue weighted by Crippen LogP contribution is 2.34. The summed E-state index contributed by atoms with van der Waals surface area (Å²) in [7, 11) is 0. The van der Waals surface area contributed by atoms with Crippen molar-refractivity contribution in [3.8, 4) is 22.6 Å². The number of aromatic nitrogens is 3. The van der Waals surface area contributed by atoms with Gasteiger partial charge < -0.3 is 0 Å². The number of nitrogens with zero attached hydrogens (tertiary/aromatic N) is 3. The normalized spacial score (nSPS) is 13.6. The molecule has 0 spiro atoms. The molecule has 0 aliphatic heterocycles. The zero-order valence-corrected chi connectivity index (χ0v) is 12.5. The molecule has 0 bridgehead atoms. The van der Waals surface area contributed by atoms with Crippen molar-refractivity contribution in [1.29, 1.82) is 0 Å². The number of hydrogen-bond acceptors (Lipinski definition) is 3. The van der Waals surface area contributed by atoms with Gasteiger partial charge in [0.05, 0.1) is 17.1 Å². The van der Waals surface area contributed by atoms with Gasteiger partial charge in [0.2, 0.25) is 0 Å². The Morgan fingerprint density at radius 2 is 1.39 bits per heavy atom. The van der Waals surface area contributed by atoms with Crippen LogP contribution in [-0.2, 0) is 0 Å². The molecule has 0 unspecified atom stereocenters. The first-order valence-corrected chi connectivity index (χ1v) is 7.60. The lowest BCUT2D eigenvalue weighted by molar-refractivity contribution is 1.07. The highest BCUT2D eigenvalue weighted by molar-refractivity contribution is 5.79. The average Bonchev–Trinajstić information content (AvgIpc) is 3.17. The van der Waals surface area contributed by atoms with E-state index in [0.29, 0.717) is 0 Å². The van der Waals surface area contributed by atoms with Crippen LogP contribution in [0.2, 0.25) is 0 Å². The van der Waals surface area contributed by atoms with Crippen LogP contribution in [0.3, 0.4) is 0 Å². The van der Waals surface area contributed by atoms with Crippen LogP contribution in [-0.4, -0.2) is 15.0 Å². The van der Waals surface area contributed by atoms with Crippen molar-refractivity contribution in [1.82, 2.24) is 15.0 Å². The molecule has 0 radical (unpaired) electrons. The van der Waals surface area contributed by atoms with Gasteiger partial charge in [-0.15, -0.1) is 0 Å². The Balaban J connectivity index is 1.90. The summed E-state index contributed by atoms with van der Waals surface area (Å²) >= 11 is 0. The first-order valence-electron chi connectivity index (χ1n) is 7.60. The summed E-state index contributed by atoms with van der Waals surface area (Å²) in [5.41, 5.74) is 4.85. The Morgan fingerprint density at radius 3 is 2.17 bits per heavy atom. The lowest BCUT2D eigenvalue weighted by Crippen LogP contribution is -1.99. The van der Waals surface area contributed by atoms with Gasteiger partial charge in [-0.1, -0.05) is 36.4 Å². The predicted octanol–water partition coefficient (Wildman–Crippen LogP) is 4.42. The number of allylic oxidation sites excluding steroid dienone is 4. The van der Waals surface area contributed by atoms with Crippen LogP contribution in [0, 0.1) is 0 Å². The molecule has 0 fully saturated rings. The molecule has 110 valence electrons. The summed E-state index contributed by atoms with van der Waals surface area (Å²) < 4.78 is 0. The Hall–Kier alpha value is -3.07. The summed E-state index contributed by atoms with van der Waals surface area (Å²) in [4.78, 5) is 13.7. The van der Waals surface area contributed by atoms with Crippen LogP contribution in [0.15, 0.2) is 85.4 Å². The van der Waals surface area contributed by atoms with Gasteiger partial charge in [-0.3, -0.25) is 15.0 Å². The van der Waals surface area contributed by atoms with Gasteiger partial charge in [0.15, 0.2) is 0 Å². The first-order chi connectivity index (χ1) is 11.4. The second kappa shape index (κ2) is 5.97. The molecule has 3 nitrogen and oxygen atoms in total. The van der Waals surface area contributed by atoms with Crippen LogP contribution in [0.5, 0.6) is 0 Å². The van der Waals surface area contributed by atoms with Crippen molar-refractivity contribution < 1.29 is 0 Å². The third-order valence-corrected chi connectivity index (χ3v) is 3.92. The maximum absolute atomic E-state index is 4.62. The van der Waals surface area contributed by atoms with E-state index in [1.54, 1.807) is 12.4 Å². The number of rotatable bonds is 3. The molecule has 1 aliphatic rings. The van der Waals surface area contributed by atoms with Crippen molar-refractivity contribution >= 4 is 0 Å². The van der Waals surface area contributed by atoms with E-state index in [9.17, 15) is 0 Å². The van der Waals surface area contributed by atoms with Crippen molar-refractivity contribution in [2.45, 2.75) is 5.92 Å². The standard InChI is InChI=1S/C20H15N3/c1-2-8-15(7-1)16-9-5-13-22-19(16)20-17(10-6-14-23-20)18-11-3-4-12-21-18/h1-15H. The van der Waals surface area contributed by atoms with E-state index < -0.39 is 0 Å². The molecule has 0 N–H and O–H groups in total. The van der Waals surface area contributed by atoms with Crippen LogP contribution < -0.4 is 0 Å². The van der Waals surface area contributed by atoms with Crippen molar-refractivity contribution in [3.63, 3.8) is 0 Å². The van der Waals surface area contributed by atoms with Gasteiger partial charge in [0.1, 0.15) is 0 Å². The highest BCUT2D eigenvalue weighted by Gasteiger charge is 2.18. The van der Waals surface area contributed by atoms with E-state index in [0.717, 1.165) is 28.2 Å². The lowest BCUT2D eigenvalue weighted by atomic mass is 9.95. The molecule has 3 heteroatoms. The van der Waals surface area contributed by atoms with Crippen LogP contribution in [0.1, 0.15) is 11.5 Å². The van der Waals surface area contributed by atoms with Crippen LogP contribution in [0.25, 0.3) is 22.6 Å². The molecule has 3 aromatic rings. The molecule has 3 aromatic heterocycles. The van der Waals surface area contributed by atoms with E-state index in [2.05, 4.69) is 45.3 Å². The summed E-state index contributed by atoms with van der Waals surface area (Å²) in [6, 6.07) is 14.0. The van der Waals surface area contributed by atoms with Gasteiger partial charge in [-0.05, 0) is 35.9 Å². The van der Waals surface area contributed by atoms with Gasteiger partial charge in [0, 0.05) is 30.1 Å². The minimum absolute atomic E-state index is 0.247. The molecule has 0 aromatic carbocycles. The molecular formula is C20H15N3. The SMILES string of the molecule is C1=CC(c2cccnc2-c2ncccc2-c2ccccn2)C=C1. The average molecular weight is 297 g/mol. The largest absolute Gasteiger partial charge is 0.256 e. The summed E-state index contributed by atoms with van der Waals surface area (Å²) in [6.45, 7) is 0. The smallest absolute Gasteiger partial charge is 0.0983 e. The van der Waals surface area contributed by atoms with Gasteiger partial charge >= 0.3 is 0 Å². The molecule has 3 heterocycles. The Labute approximate surface area is 135 Å². The second-order valence-corrected chi connectivity index (χ2v) is 5.35. The summed E-state index contributed by atoms with van der Waals surface area (Å²) in [5.74, 6) is 0.247. The molecule has 1 aliphatic carbocycles. The topological polar surface area (TPSA) is 38.7 Å². The lowest BCUT2D eigenvalue weighted by Gasteiger charge is -2.14. The first kappa shape index (κ1) is 13.6. The van der Waals surface area contributed by atoms with Crippen molar-refractivity contribution in [3.05, 3.63) is 90.9 Å². The minimum atomic E-state index is 0.247. The quantitative estimate of drug-likeness (QED) is 0.718. The fourth-order valence-electron chi connectivity index (χ4n) is 2.85. The fraction of sp³-hybridized carbons (Fsp3) is 0.0500. The molecule has 0 amide bonds. The van der Waals surface area contributed by atoms with E-state index in [-0.39, 0.29) is 5.92 Å². The zero-order valence-electron chi connectivity index (χ0n) is 12.5. The van der Waals surface area contributed by atoms with E-state index in [4.69, 9.17) is 0 Å². The second-order valence-electron chi connectivity index (χ2n) is 5.35. The fourth-order valence-corrected chi connectivity index (χ4v) is 2.85. The maximum atomic E-state index is 4.62. The van der Waals surface area contributed by atoms with Gasteiger partial charge in [0.25, 0.3) is 0 Å². The predicted molar refractivity (Wildman–Crippen MR) is 91.7 cm³/mol. The van der Waals surface area contributed by atoms with Crippen LogP contribution >= 0.6 is 0 Å².